The van der Waals surface area contributed by atoms with E-state index in [-0.39, 0.29) is 16.6 Å². The molecule has 0 heterocycles. The average Bonchev–Trinajstić information content (AvgIpc) is 2.90. The van der Waals surface area contributed by atoms with Crippen molar-refractivity contribution in [3.8, 4) is 0 Å². The zero-order valence-corrected chi connectivity index (χ0v) is 11.2. The quantitative estimate of drug-likeness (QED) is 0.786. The zero-order valence-electron chi connectivity index (χ0n) is 10.3. The van der Waals surface area contributed by atoms with Crippen molar-refractivity contribution in [3.05, 3.63) is 29.8 Å². The SMILES string of the molecule is NC(=O)c1ccc(S(=O)(=O)NOC2CCCC2)cc1. The summed E-state index contributed by atoms with van der Waals surface area (Å²) in [5.74, 6) is -0.598. The van der Waals surface area contributed by atoms with E-state index in [1.165, 1.54) is 24.3 Å². The van der Waals surface area contributed by atoms with Gasteiger partial charge in [-0.2, -0.15) is 0 Å². The van der Waals surface area contributed by atoms with Gasteiger partial charge in [0.15, 0.2) is 0 Å². The van der Waals surface area contributed by atoms with Crippen LogP contribution in [0.1, 0.15) is 36.0 Å². The maximum Gasteiger partial charge on any atom is 0.262 e. The van der Waals surface area contributed by atoms with Crippen molar-refractivity contribution >= 4 is 15.9 Å². The van der Waals surface area contributed by atoms with Crippen LogP contribution < -0.4 is 10.6 Å². The highest BCUT2D eigenvalue weighted by Gasteiger charge is 2.20. The molecule has 0 bridgehead atoms. The number of carbonyl (C=O) groups is 1. The Bertz CT molecular complexity index is 548. The number of hydrogen-bond donors (Lipinski definition) is 2. The van der Waals surface area contributed by atoms with Gasteiger partial charge in [-0.25, -0.2) is 8.42 Å². The molecule has 1 aliphatic rings. The topological polar surface area (TPSA) is 98.5 Å². The minimum atomic E-state index is -3.71. The number of nitrogens with one attached hydrogen (secondary N) is 1. The molecule has 104 valence electrons. The van der Waals surface area contributed by atoms with Crippen LogP contribution in [0.4, 0.5) is 0 Å². The molecule has 1 fully saturated rings. The van der Waals surface area contributed by atoms with E-state index in [4.69, 9.17) is 10.6 Å². The van der Waals surface area contributed by atoms with Crippen LogP contribution in [-0.2, 0) is 14.9 Å². The number of nitrogens with two attached hydrogens (primary N) is 1. The molecule has 0 radical (unpaired) electrons. The van der Waals surface area contributed by atoms with Gasteiger partial charge in [0.2, 0.25) is 5.91 Å². The lowest BCUT2D eigenvalue weighted by molar-refractivity contribution is 0.0223. The molecule has 2 rings (SSSR count). The maximum atomic E-state index is 11.9. The Morgan fingerprint density at radius 2 is 1.79 bits per heavy atom. The van der Waals surface area contributed by atoms with Crippen molar-refractivity contribution < 1.29 is 18.0 Å². The number of hydrogen-bond acceptors (Lipinski definition) is 4. The van der Waals surface area contributed by atoms with Crippen LogP contribution in [0.2, 0.25) is 0 Å². The average molecular weight is 284 g/mol. The molecule has 0 atom stereocenters. The molecule has 0 spiro atoms. The minimum Gasteiger partial charge on any atom is -0.366 e. The third kappa shape index (κ3) is 3.52. The lowest BCUT2D eigenvalue weighted by Crippen LogP contribution is -2.28. The Balaban J connectivity index is 2.03. The van der Waals surface area contributed by atoms with Crippen molar-refractivity contribution in [2.75, 3.05) is 0 Å². The second-order valence-electron chi connectivity index (χ2n) is 4.50. The van der Waals surface area contributed by atoms with Gasteiger partial charge in [-0.3, -0.25) is 9.63 Å². The van der Waals surface area contributed by atoms with Crippen LogP contribution in [0.25, 0.3) is 0 Å². The fourth-order valence-electron chi connectivity index (χ4n) is 1.98. The molecule has 7 heteroatoms. The predicted octanol–water partition coefficient (Wildman–Crippen LogP) is 0.938. The van der Waals surface area contributed by atoms with E-state index in [0.29, 0.717) is 0 Å². The monoisotopic (exact) mass is 284 g/mol. The number of benzene rings is 1. The molecule has 6 nitrogen and oxygen atoms in total. The molecular formula is C12H16N2O4S. The van der Waals surface area contributed by atoms with Gasteiger partial charge in [0.25, 0.3) is 10.0 Å². The van der Waals surface area contributed by atoms with E-state index in [0.717, 1.165) is 25.7 Å². The molecule has 1 aromatic rings. The normalized spacial score (nSPS) is 16.6. The highest BCUT2D eigenvalue weighted by Crippen LogP contribution is 2.20. The molecule has 1 aliphatic carbocycles. The maximum absolute atomic E-state index is 11.9. The van der Waals surface area contributed by atoms with Crippen LogP contribution in [-0.4, -0.2) is 20.4 Å². The molecule has 1 amide bonds. The van der Waals surface area contributed by atoms with Crippen molar-refractivity contribution in [3.63, 3.8) is 0 Å². The summed E-state index contributed by atoms with van der Waals surface area (Å²) in [6, 6.07) is 5.37. The molecule has 0 unspecified atom stereocenters. The molecule has 0 saturated heterocycles. The van der Waals surface area contributed by atoms with E-state index < -0.39 is 15.9 Å². The van der Waals surface area contributed by atoms with Crippen LogP contribution >= 0.6 is 0 Å². The van der Waals surface area contributed by atoms with Gasteiger partial charge in [-0.05, 0) is 37.1 Å². The first-order chi connectivity index (χ1) is 8.99. The first-order valence-corrected chi connectivity index (χ1v) is 7.55. The van der Waals surface area contributed by atoms with Crippen molar-refractivity contribution in [1.82, 2.24) is 4.89 Å². The number of rotatable bonds is 5. The molecule has 3 N–H and O–H groups in total. The third-order valence-corrected chi connectivity index (χ3v) is 4.28. The largest absolute Gasteiger partial charge is 0.366 e. The molecular weight excluding hydrogens is 268 g/mol. The molecule has 19 heavy (non-hydrogen) atoms. The van der Waals surface area contributed by atoms with E-state index >= 15 is 0 Å². The Hall–Kier alpha value is -1.44. The van der Waals surface area contributed by atoms with Gasteiger partial charge < -0.3 is 5.73 Å². The van der Waals surface area contributed by atoms with Gasteiger partial charge >= 0.3 is 0 Å². The van der Waals surface area contributed by atoms with Crippen LogP contribution in [0.15, 0.2) is 29.2 Å². The van der Waals surface area contributed by atoms with Crippen LogP contribution in [0.5, 0.6) is 0 Å². The summed E-state index contributed by atoms with van der Waals surface area (Å²) in [5, 5.41) is 0. The first-order valence-electron chi connectivity index (χ1n) is 6.06. The summed E-state index contributed by atoms with van der Waals surface area (Å²) in [7, 11) is -3.71. The smallest absolute Gasteiger partial charge is 0.262 e. The summed E-state index contributed by atoms with van der Waals surface area (Å²) in [5.41, 5.74) is 5.35. The van der Waals surface area contributed by atoms with E-state index in [9.17, 15) is 13.2 Å². The standard InChI is InChI=1S/C12H16N2O4S/c13-12(15)9-5-7-11(8-6-9)19(16,17)14-18-10-3-1-2-4-10/h5-8,10,14H,1-4H2,(H2,13,15). The highest BCUT2D eigenvalue weighted by atomic mass is 32.2. The van der Waals surface area contributed by atoms with E-state index in [1.54, 1.807) is 0 Å². The van der Waals surface area contributed by atoms with Gasteiger partial charge in [-0.15, -0.1) is 0 Å². The van der Waals surface area contributed by atoms with Gasteiger partial charge in [-0.1, -0.05) is 17.7 Å². The third-order valence-electron chi connectivity index (χ3n) is 3.08. The molecule has 1 saturated carbocycles. The number of sulfonamides is 1. The van der Waals surface area contributed by atoms with Crippen molar-refractivity contribution in [2.24, 2.45) is 5.73 Å². The Kier molecular flexibility index (Phi) is 4.18. The van der Waals surface area contributed by atoms with Crippen LogP contribution in [0.3, 0.4) is 0 Å². The summed E-state index contributed by atoms with van der Waals surface area (Å²) >= 11 is 0. The van der Waals surface area contributed by atoms with Crippen molar-refractivity contribution in [1.29, 1.82) is 0 Å². The summed E-state index contributed by atoms with van der Waals surface area (Å²) in [6.07, 6.45) is 3.78. The Labute approximate surface area is 111 Å². The summed E-state index contributed by atoms with van der Waals surface area (Å²) in [4.78, 5) is 18.2. The molecule has 0 aliphatic heterocycles. The predicted molar refractivity (Wildman–Crippen MR) is 68.6 cm³/mol. The Morgan fingerprint density at radius 3 is 2.32 bits per heavy atom. The molecule has 0 aromatic heterocycles. The lowest BCUT2D eigenvalue weighted by atomic mass is 10.2. The van der Waals surface area contributed by atoms with Crippen LogP contribution in [0, 0.1) is 0 Å². The number of amides is 1. The second kappa shape index (κ2) is 5.68. The zero-order chi connectivity index (χ0) is 13.9. The minimum absolute atomic E-state index is 0.0375. The fourth-order valence-corrected chi connectivity index (χ4v) is 2.84. The number of carbonyl (C=O) groups excluding carboxylic acids is 1. The van der Waals surface area contributed by atoms with Gasteiger partial charge in [0.1, 0.15) is 0 Å². The first kappa shape index (κ1) is 14.0. The fraction of sp³-hybridized carbons (Fsp3) is 0.417. The highest BCUT2D eigenvalue weighted by molar-refractivity contribution is 7.89. The molecule has 1 aromatic carbocycles. The van der Waals surface area contributed by atoms with E-state index in [2.05, 4.69) is 4.89 Å². The Morgan fingerprint density at radius 1 is 1.21 bits per heavy atom. The lowest BCUT2D eigenvalue weighted by Gasteiger charge is -2.12. The van der Waals surface area contributed by atoms with E-state index in [1.807, 2.05) is 0 Å². The van der Waals surface area contributed by atoms with Gasteiger partial charge in [0.05, 0.1) is 11.0 Å². The summed E-state index contributed by atoms with van der Waals surface area (Å²) in [6.45, 7) is 0. The summed E-state index contributed by atoms with van der Waals surface area (Å²) < 4.78 is 23.8. The second-order valence-corrected chi connectivity index (χ2v) is 6.14. The number of primary amides is 1. The van der Waals surface area contributed by atoms with Crippen molar-refractivity contribution in [2.45, 2.75) is 36.7 Å². The van der Waals surface area contributed by atoms with Gasteiger partial charge in [0, 0.05) is 5.56 Å².